The molecule has 8 heteroatoms. The molecule has 0 radical (unpaired) electrons. The van der Waals surface area contributed by atoms with Crippen LogP contribution in [0.1, 0.15) is 50.5 Å². The SMILES string of the molecule is COc1ccccc1CN(CC1CCCO1)C(=O)CN1C(=O)N(C)C2(CCCCC2)C1=O. The molecule has 1 atom stereocenters. The number of likely N-dealkylation sites (N-methyl/N-ethyl adjacent to an activating group) is 1. The third-order valence-electron chi connectivity index (χ3n) is 7.13. The molecule has 4 rings (SSSR count). The highest BCUT2D eigenvalue weighted by Gasteiger charge is 2.56. The van der Waals surface area contributed by atoms with Crippen molar-refractivity contribution in [1.29, 1.82) is 0 Å². The quantitative estimate of drug-likeness (QED) is 0.606. The summed E-state index contributed by atoms with van der Waals surface area (Å²) >= 11 is 0. The van der Waals surface area contributed by atoms with E-state index in [0.717, 1.165) is 42.6 Å². The van der Waals surface area contributed by atoms with Crippen molar-refractivity contribution in [3.05, 3.63) is 29.8 Å². The topological polar surface area (TPSA) is 79.4 Å². The van der Waals surface area contributed by atoms with Crippen LogP contribution in [0.15, 0.2) is 24.3 Å². The molecule has 8 nitrogen and oxygen atoms in total. The van der Waals surface area contributed by atoms with Gasteiger partial charge in [-0.2, -0.15) is 0 Å². The van der Waals surface area contributed by atoms with Crippen LogP contribution >= 0.6 is 0 Å². The molecule has 1 aromatic carbocycles. The number of para-hydroxylation sites is 1. The molecule has 1 saturated carbocycles. The molecule has 0 N–H and O–H groups in total. The second-order valence-electron chi connectivity index (χ2n) is 9.05. The summed E-state index contributed by atoms with van der Waals surface area (Å²) in [5, 5.41) is 0. The van der Waals surface area contributed by atoms with E-state index in [2.05, 4.69) is 0 Å². The summed E-state index contributed by atoms with van der Waals surface area (Å²) < 4.78 is 11.2. The smallest absolute Gasteiger partial charge is 0.327 e. The minimum Gasteiger partial charge on any atom is -0.496 e. The van der Waals surface area contributed by atoms with Gasteiger partial charge in [-0.15, -0.1) is 0 Å². The van der Waals surface area contributed by atoms with Gasteiger partial charge in [0.2, 0.25) is 5.91 Å². The van der Waals surface area contributed by atoms with E-state index in [1.54, 1.807) is 24.0 Å². The summed E-state index contributed by atoms with van der Waals surface area (Å²) in [6.45, 7) is 1.21. The number of urea groups is 1. The van der Waals surface area contributed by atoms with E-state index in [4.69, 9.17) is 9.47 Å². The Morgan fingerprint density at radius 2 is 1.94 bits per heavy atom. The lowest BCUT2D eigenvalue weighted by Crippen LogP contribution is -2.50. The Morgan fingerprint density at radius 3 is 2.62 bits per heavy atom. The number of amides is 4. The van der Waals surface area contributed by atoms with Crippen molar-refractivity contribution < 1.29 is 23.9 Å². The fourth-order valence-electron chi connectivity index (χ4n) is 5.23. The van der Waals surface area contributed by atoms with E-state index in [1.807, 2.05) is 24.3 Å². The number of ether oxygens (including phenoxy) is 2. The molecule has 1 aromatic rings. The zero-order chi connectivity index (χ0) is 22.7. The molecular formula is C24H33N3O5. The molecule has 3 fully saturated rings. The van der Waals surface area contributed by atoms with E-state index >= 15 is 0 Å². The Labute approximate surface area is 189 Å². The summed E-state index contributed by atoms with van der Waals surface area (Å²) in [7, 11) is 3.29. The van der Waals surface area contributed by atoms with Gasteiger partial charge in [0.05, 0.1) is 13.2 Å². The zero-order valence-corrected chi connectivity index (χ0v) is 19.0. The number of carbonyl (C=O) groups excluding carboxylic acids is 3. The largest absolute Gasteiger partial charge is 0.496 e. The van der Waals surface area contributed by atoms with Crippen LogP contribution in [0.25, 0.3) is 0 Å². The predicted molar refractivity (Wildman–Crippen MR) is 118 cm³/mol. The number of rotatable bonds is 7. The zero-order valence-electron chi connectivity index (χ0n) is 19.0. The minimum absolute atomic E-state index is 0.0361. The first kappa shape index (κ1) is 22.6. The second-order valence-corrected chi connectivity index (χ2v) is 9.05. The second kappa shape index (κ2) is 9.48. The summed E-state index contributed by atoms with van der Waals surface area (Å²) in [4.78, 5) is 44.1. The monoisotopic (exact) mass is 443 g/mol. The van der Waals surface area contributed by atoms with Crippen molar-refractivity contribution in [3.8, 4) is 5.75 Å². The highest BCUT2D eigenvalue weighted by atomic mass is 16.5. The molecule has 1 spiro atoms. The summed E-state index contributed by atoms with van der Waals surface area (Å²) in [6, 6.07) is 7.20. The van der Waals surface area contributed by atoms with Crippen LogP contribution in [-0.2, 0) is 20.9 Å². The lowest BCUT2D eigenvalue weighted by Gasteiger charge is -2.35. The molecule has 1 aliphatic carbocycles. The Morgan fingerprint density at radius 1 is 1.19 bits per heavy atom. The highest BCUT2D eigenvalue weighted by molar-refractivity contribution is 6.08. The molecule has 2 heterocycles. The van der Waals surface area contributed by atoms with Crippen LogP contribution in [0.3, 0.4) is 0 Å². The molecule has 4 amide bonds. The number of hydrogen-bond donors (Lipinski definition) is 0. The number of nitrogens with zero attached hydrogens (tertiary/aromatic N) is 3. The molecule has 174 valence electrons. The number of hydrogen-bond acceptors (Lipinski definition) is 5. The van der Waals surface area contributed by atoms with Crippen molar-refractivity contribution in [1.82, 2.24) is 14.7 Å². The maximum atomic E-state index is 13.4. The molecule has 1 unspecified atom stereocenters. The lowest BCUT2D eigenvalue weighted by atomic mass is 9.81. The van der Waals surface area contributed by atoms with Crippen molar-refractivity contribution in [2.75, 3.05) is 33.9 Å². The molecule has 32 heavy (non-hydrogen) atoms. The first-order valence-electron chi connectivity index (χ1n) is 11.6. The average Bonchev–Trinajstić information content (AvgIpc) is 3.39. The van der Waals surface area contributed by atoms with E-state index in [9.17, 15) is 14.4 Å². The van der Waals surface area contributed by atoms with E-state index in [0.29, 0.717) is 38.3 Å². The Balaban J connectivity index is 1.52. The van der Waals surface area contributed by atoms with Gasteiger partial charge in [-0.05, 0) is 31.7 Å². The maximum Gasteiger partial charge on any atom is 0.327 e. The number of benzene rings is 1. The minimum atomic E-state index is -0.780. The van der Waals surface area contributed by atoms with Crippen molar-refractivity contribution >= 4 is 17.8 Å². The molecule has 0 bridgehead atoms. The molecule has 0 aromatic heterocycles. The van der Waals surface area contributed by atoms with Gasteiger partial charge in [-0.25, -0.2) is 4.79 Å². The molecule has 3 aliphatic rings. The van der Waals surface area contributed by atoms with Crippen LogP contribution in [-0.4, -0.2) is 78.0 Å². The standard InChI is InChI=1S/C24H33N3O5/c1-25-23(30)27(22(29)24(25)12-6-3-7-13-24)17-21(28)26(16-19-10-8-14-32-19)15-18-9-4-5-11-20(18)31-2/h4-5,9,11,19H,3,6-8,10,12-17H2,1-2H3. The normalized spacial score (nSPS) is 22.6. The van der Waals surface area contributed by atoms with E-state index < -0.39 is 5.54 Å². The van der Waals surface area contributed by atoms with Crippen molar-refractivity contribution in [3.63, 3.8) is 0 Å². The number of methoxy groups -OCH3 is 1. The van der Waals surface area contributed by atoms with Gasteiger partial charge in [-0.1, -0.05) is 37.5 Å². The third-order valence-corrected chi connectivity index (χ3v) is 7.13. The van der Waals surface area contributed by atoms with E-state index in [-0.39, 0.29) is 30.5 Å². The van der Waals surface area contributed by atoms with Gasteiger partial charge in [0, 0.05) is 32.3 Å². The number of carbonyl (C=O) groups is 3. The Kier molecular flexibility index (Phi) is 6.69. The van der Waals surface area contributed by atoms with Gasteiger partial charge in [0.1, 0.15) is 17.8 Å². The number of imide groups is 1. The van der Waals surface area contributed by atoms with Crippen LogP contribution in [0.4, 0.5) is 4.79 Å². The van der Waals surface area contributed by atoms with Gasteiger partial charge in [0.15, 0.2) is 0 Å². The van der Waals surface area contributed by atoms with Gasteiger partial charge >= 0.3 is 6.03 Å². The third kappa shape index (κ3) is 4.20. The van der Waals surface area contributed by atoms with Gasteiger partial charge in [-0.3, -0.25) is 14.5 Å². The van der Waals surface area contributed by atoms with Gasteiger partial charge in [0.25, 0.3) is 5.91 Å². The van der Waals surface area contributed by atoms with Crippen molar-refractivity contribution in [2.24, 2.45) is 0 Å². The summed E-state index contributed by atoms with van der Waals surface area (Å²) in [5.74, 6) is 0.216. The Hall–Kier alpha value is -2.61. The van der Waals surface area contributed by atoms with Crippen LogP contribution < -0.4 is 4.74 Å². The average molecular weight is 444 g/mol. The van der Waals surface area contributed by atoms with Crippen LogP contribution in [0.2, 0.25) is 0 Å². The fraction of sp³-hybridized carbons (Fsp3) is 0.625. The van der Waals surface area contributed by atoms with Crippen LogP contribution in [0.5, 0.6) is 5.75 Å². The summed E-state index contributed by atoms with van der Waals surface area (Å²) in [6.07, 6.45) is 6.07. The van der Waals surface area contributed by atoms with Crippen LogP contribution in [0, 0.1) is 0 Å². The lowest BCUT2D eigenvalue weighted by molar-refractivity contribution is -0.141. The maximum absolute atomic E-state index is 13.4. The predicted octanol–water partition coefficient (Wildman–Crippen LogP) is 2.80. The molecule has 2 saturated heterocycles. The molecule has 2 aliphatic heterocycles. The highest BCUT2D eigenvalue weighted by Crippen LogP contribution is 2.39. The fourth-order valence-corrected chi connectivity index (χ4v) is 5.23. The summed E-state index contributed by atoms with van der Waals surface area (Å²) in [5.41, 5.74) is 0.0961. The molecular weight excluding hydrogens is 410 g/mol. The van der Waals surface area contributed by atoms with Crippen molar-refractivity contribution in [2.45, 2.75) is 63.1 Å². The Bertz CT molecular complexity index is 861. The first-order valence-corrected chi connectivity index (χ1v) is 11.6. The first-order chi connectivity index (χ1) is 15.5. The van der Waals surface area contributed by atoms with Gasteiger partial charge < -0.3 is 19.3 Å². The van der Waals surface area contributed by atoms with E-state index in [1.165, 1.54) is 0 Å².